The number of rotatable bonds is 14. The highest BCUT2D eigenvalue weighted by Crippen LogP contribution is 2.04. The molecule has 13 heteroatoms. The molecule has 1 aromatic rings. The number of nitrogens with zero attached hydrogens (tertiary/aromatic N) is 1. The quantitative estimate of drug-likeness (QED) is 0.0768. The fourth-order valence-electron chi connectivity index (χ4n) is 2.52. The Bertz CT molecular complexity index is 947. The lowest BCUT2D eigenvalue weighted by Crippen LogP contribution is -2.54. The Morgan fingerprint density at radius 2 is 1.82 bits per heavy atom. The molecule has 0 heterocycles. The van der Waals surface area contributed by atoms with E-state index in [0.717, 1.165) is 5.41 Å². The molecule has 182 valence electrons. The molecule has 0 spiro atoms. The summed E-state index contributed by atoms with van der Waals surface area (Å²) in [5.41, 5.74) is 11.0. The standard InChI is InChI=1S/C20H30N6O6S/c1-14(18(29)25-16(12-27)8-5-10-23-20(21)22)24-19(30)17(13-28)26-33(31,32)11-9-15-6-3-2-4-7-15/h2-4,6-7,9,11-12,14,16-17,26,28H,5,8,10,13H2,1H3,(H,24,30)(H,25,29)(H4,21,22,23)/b11-9+/t14-,16?,17?/m0/s1. The fourth-order valence-corrected chi connectivity index (χ4v) is 3.52. The molecule has 0 aliphatic rings. The van der Waals surface area contributed by atoms with Crippen LogP contribution in [-0.2, 0) is 24.4 Å². The van der Waals surface area contributed by atoms with Crippen molar-refractivity contribution >= 4 is 40.2 Å². The van der Waals surface area contributed by atoms with Crippen LogP contribution in [0.5, 0.6) is 0 Å². The molecule has 0 bridgehead atoms. The predicted molar refractivity (Wildman–Crippen MR) is 124 cm³/mol. The maximum atomic E-state index is 12.4. The highest BCUT2D eigenvalue weighted by Gasteiger charge is 2.26. The molecule has 12 nitrogen and oxygen atoms in total. The summed E-state index contributed by atoms with van der Waals surface area (Å²) in [6.45, 7) is 0.805. The Hall–Kier alpha value is -3.29. The van der Waals surface area contributed by atoms with Gasteiger partial charge in [-0.05, 0) is 31.4 Å². The second-order valence-electron chi connectivity index (χ2n) is 7.04. The lowest BCUT2D eigenvalue weighted by Gasteiger charge is -2.20. The van der Waals surface area contributed by atoms with Crippen LogP contribution in [0.3, 0.4) is 0 Å². The lowest BCUT2D eigenvalue weighted by molar-refractivity contribution is -0.130. The van der Waals surface area contributed by atoms with E-state index in [9.17, 15) is 27.9 Å². The van der Waals surface area contributed by atoms with E-state index in [1.54, 1.807) is 30.3 Å². The van der Waals surface area contributed by atoms with Crippen molar-refractivity contribution in [3.63, 3.8) is 0 Å². The molecule has 0 fully saturated rings. The third kappa shape index (κ3) is 11.2. The van der Waals surface area contributed by atoms with Crippen molar-refractivity contribution in [3.8, 4) is 0 Å². The molecule has 0 radical (unpaired) electrons. The SMILES string of the molecule is C[C@H](NC(=O)C(CO)NS(=O)(=O)/C=C/c1ccccc1)C(=O)NC(C=O)CCCN=C(N)N. The number of carbonyl (C=O) groups excluding carboxylic acids is 3. The van der Waals surface area contributed by atoms with Gasteiger partial charge in [0.25, 0.3) is 0 Å². The molecule has 0 aliphatic heterocycles. The number of aliphatic hydroxyl groups excluding tert-OH is 1. The van der Waals surface area contributed by atoms with Crippen molar-refractivity contribution < 1.29 is 27.9 Å². The average molecular weight is 483 g/mol. The van der Waals surface area contributed by atoms with Crippen molar-refractivity contribution in [1.29, 1.82) is 0 Å². The number of sulfonamides is 1. The summed E-state index contributed by atoms with van der Waals surface area (Å²) in [5.74, 6) is -1.65. The van der Waals surface area contributed by atoms with Gasteiger partial charge in [0.05, 0.1) is 12.6 Å². The van der Waals surface area contributed by atoms with Crippen LogP contribution >= 0.6 is 0 Å². The summed E-state index contributed by atoms with van der Waals surface area (Å²) in [7, 11) is -4.06. The number of amides is 2. The number of carbonyl (C=O) groups is 3. The average Bonchev–Trinajstić information content (AvgIpc) is 2.78. The van der Waals surface area contributed by atoms with Crippen molar-refractivity contribution in [2.75, 3.05) is 13.2 Å². The van der Waals surface area contributed by atoms with Gasteiger partial charge in [0.2, 0.25) is 21.8 Å². The lowest BCUT2D eigenvalue weighted by atomic mass is 10.1. The van der Waals surface area contributed by atoms with Gasteiger partial charge in [-0.15, -0.1) is 0 Å². The van der Waals surface area contributed by atoms with Gasteiger partial charge in [-0.2, -0.15) is 4.72 Å². The van der Waals surface area contributed by atoms with Gasteiger partial charge < -0.3 is 32.0 Å². The number of benzene rings is 1. The number of aldehydes is 1. The number of guanidine groups is 1. The Balaban J connectivity index is 2.62. The number of aliphatic imine (C=N–C) groups is 1. The van der Waals surface area contributed by atoms with Crippen molar-refractivity contribution in [2.24, 2.45) is 16.5 Å². The largest absolute Gasteiger partial charge is 0.394 e. The summed E-state index contributed by atoms with van der Waals surface area (Å²) >= 11 is 0. The van der Waals surface area contributed by atoms with Crippen LogP contribution in [0, 0.1) is 0 Å². The number of nitrogens with two attached hydrogens (primary N) is 2. The maximum absolute atomic E-state index is 12.4. The van der Waals surface area contributed by atoms with E-state index in [1.807, 2.05) is 0 Å². The number of hydrogen-bond donors (Lipinski definition) is 6. The molecule has 1 rings (SSSR count). The van der Waals surface area contributed by atoms with E-state index in [0.29, 0.717) is 18.3 Å². The van der Waals surface area contributed by atoms with Crippen LogP contribution in [-0.4, -0.2) is 68.9 Å². The van der Waals surface area contributed by atoms with Gasteiger partial charge in [-0.3, -0.25) is 14.6 Å². The molecular weight excluding hydrogens is 452 g/mol. The molecule has 2 unspecified atom stereocenters. The van der Waals surface area contributed by atoms with Crippen LogP contribution in [0.15, 0.2) is 40.7 Å². The first-order valence-electron chi connectivity index (χ1n) is 10.1. The first kappa shape index (κ1) is 27.7. The zero-order valence-electron chi connectivity index (χ0n) is 18.2. The second kappa shape index (κ2) is 14.0. The minimum Gasteiger partial charge on any atom is -0.394 e. The molecule has 33 heavy (non-hydrogen) atoms. The molecule has 0 saturated carbocycles. The Morgan fingerprint density at radius 1 is 1.15 bits per heavy atom. The molecule has 1 aromatic carbocycles. The predicted octanol–water partition coefficient (Wildman–Crippen LogP) is -1.82. The smallest absolute Gasteiger partial charge is 0.242 e. The zero-order valence-corrected chi connectivity index (χ0v) is 19.0. The Labute approximate surface area is 192 Å². The third-order valence-electron chi connectivity index (χ3n) is 4.26. The normalized spacial score (nSPS) is 14.1. The maximum Gasteiger partial charge on any atom is 0.242 e. The first-order valence-corrected chi connectivity index (χ1v) is 11.6. The number of hydrogen-bond acceptors (Lipinski definition) is 7. The molecule has 0 aliphatic carbocycles. The Morgan fingerprint density at radius 3 is 2.39 bits per heavy atom. The second-order valence-corrected chi connectivity index (χ2v) is 8.64. The first-order chi connectivity index (χ1) is 15.6. The van der Waals surface area contributed by atoms with E-state index in [4.69, 9.17) is 11.5 Å². The van der Waals surface area contributed by atoms with Crippen LogP contribution in [0.4, 0.5) is 0 Å². The van der Waals surface area contributed by atoms with Crippen LogP contribution < -0.4 is 26.8 Å². The molecule has 8 N–H and O–H groups in total. The van der Waals surface area contributed by atoms with Crippen LogP contribution in [0.1, 0.15) is 25.3 Å². The summed E-state index contributed by atoms with van der Waals surface area (Å²) in [5, 5.41) is 15.1. The van der Waals surface area contributed by atoms with E-state index in [-0.39, 0.29) is 18.9 Å². The van der Waals surface area contributed by atoms with Gasteiger partial charge in [0.1, 0.15) is 18.4 Å². The number of aliphatic hydroxyl groups is 1. The summed E-state index contributed by atoms with van der Waals surface area (Å²) in [4.78, 5) is 39.6. The summed E-state index contributed by atoms with van der Waals surface area (Å²) in [6, 6.07) is 5.18. The number of nitrogens with one attached hydrogen (secondary N) is 3. The van der Waals surface area contributed by atoms with Gasteiger partial charge >= 0.3 is 0 Å². The van der Waals surface area contributed by atoms with Crippen molar-refractivity contribution in [2.45, 2.75) is 37.9 Å². The van der Waals surface area contributed by atoms with Crippen molar-refractivity contribution in [1.82, 2.24) is 15.4 Å². The minimum absolute atomic E-state index is 0.0809. The zero-order chi connectivity index (χ0) is 24.9. The topological polar surface area (TPSA) is 206 Å². The third-order valence-corrected chi connectivity index (χ3v) is 5.36. The fraction of sp³-hybridized carbons (Fsp3) is 0.400. The van der Waals surface area contributed by atoms with Crippen molar-refractivity contribution in [3.05, 3.63) is 41.3 Å². The van der Waals surface area contributed by atoms with Crippen LogP contribution in [0.2, 0.25) is 0 Å². The van der Waals surface area contributed by atoms with E-state index in [2.05, 4.69) is 20.3 Å². The van der Waals surface area contributed by atoms with Gasteiger partial charge in [-0.25, -0.2) is 8.42 Å². The highest BCUT2D eigenvalue weighted by molar-refractivity contribution is 7.92. The summed E-state index contributed by atoms with van der Waals surface area (Å²) in [6.07, 6.45) is 2.59. The van der Waals surface area contributed by atoms with E-state index < -0.39 is 46.6 Å². The molecule has 0 aromatic heterocycles. The molecule has 2 amide bonds. The van der Waals surface area contributed by atoms with Gasteiger partial charge in [0, 0.05) is 12.0 Å². The van der Waals surface area contributed by atoms with Crippen LogP contribution in [0.25, 0.3) is 6.08 Å². The molecule has 3 atom stereocenters. The molecular formula is C20H30N6O6S. The highest BCUT2D eigenvalue weighted by atomic mass is 32.2. The monoisotopic (exact) mass is 482 g/mol. The Kier molecular flexibility index (Phi) is 11.8. The van der Waals surface area contributed by atoms with E-state index >= 15 is 0 Å². The van der Waals surface area contributed by atoms with Gasteiger partial charge in [-0.1, -0.05) is 30.3 Å². The van der Waals surface area contributed by atoms with E-state index in [1.165, 1.54) is 13.0 Å². The molecule has 0 saturated heterocycles. The summed E-state index contributed by atoms with van der Waals surface area (Å²) < 4.78 is 26.5. The minimum atomic E-state index is -4.06. The van der Waals surface area contributed by atoms with Gasteiger partial charge in [0.15, 0.2) is 5.96 Å².